The summed E-state index contributed by atoms with van der Waals surface area (Å²) < 4.78 is 49.1. The third-order valence-electron chi connectivity index (χ3n) is 5.33. The molecule has 3 heterocycles. The Morgan fingerprint density at radius 2 is 1.63 bits per heavy atom. The molecular weight excluding hydrogens is 602 g/mol. The number of phosphoric acid groups is 2. The van der Waals surface area contributed by atoms with E-state index in [1.807, 2.05) is 4.98 Å². The molecule has 11 unspecified atom stereocenters. The summed E-state index contributed by atoms with van der Waals surface area (Å²) >= 11 is 0. The van der Waals surface area contributed by atoms with Crippen molar-refractivity contribution < 1.29 is 67.3 Å². The largest absolute Gasteiger partial charge is 0.483 e. The fourth-order valence-electron chi connectivity index (χ4n) is 3.47. The third kappa shape index (κ3) is 7.76. The van der Waals surface area contributed by atoms with Gasteiger partial charge in [0.15, 0.2) is 12.5 Å². The molecule has 0 radical (unpaired) electrons. The van der Waals surface area contributed by atoms with E-state index in [1.165, 1.54) is 21.6 Å². The van der Waals surface area contributed by atoms with Gasteiger partial charge in [-0.25, -0.2) is 13.9 Å². The van der Waals surface area contributed by atoms with Gasteiger partial charge in [0.2, 0.25) is 0 Å². The Morgan fingerprint density at radius 3 is 2.26 bits per heavy atom. The molecule has 0 aliphatic carbocycles. The van der Waals surface area contributed by atoms with Crippen LogP contribution in [0, 0.1) is 0 Å². The summed E-state index contributed by atoms with van der Waals surface area (Å²) in [5.74, 6) is 0.0753. The predicted molar refractivity (Wildman–Crippen MR) is 128 cm³/mol. The van der Waals surface area contributed by atoms with Gasteiger partial charge in [-0.1, -0.05) is 21.6 Å². The number of ether oxygens (including phenoxy) is 2. The molecule has 2 aliphatic heterocycles. The second kappa shape index (κ2) is 12.9. The topological polar surface area (TPSA) is 277 Å². The molecule has 218 valence electrons. The van der Waals surface area contributed by atoms with Crippen molar-refractivity contribution in [2.24, 2.45) is 0 Å². The summed E-state index contributed by atoms with van der Waals surface area (Å²) in [7, 11) is -8.50. The van der Waals surface area contributed by atoms with Crippen molar-refractivity contribution in [3.63, 3.8) is 0 Å². The number of aliphatic hydroxyl groups excluding tert-OH is 5. The molecule has 11 atom stereocenters. The van der Waals surface area contributed by atoms with Crippen LogP contribution in [0.15, 0.2) is 21.9 Å². The lowest BCUT2D eigenvalue weighted by atomic mass is 10.0. The van der Waals surface area contributed by atoms with Crippen LogP contribution in [0.25, 0.3) is 0 Å². The molecule has 1 aromatic heterocycles. The van der Waals surface area contributed by atoms with Crippen LogP contribution in [0.4, 0.5) is 0 Å². The summed E-state index contributed by atoms with van der Waals surface area (Å²) in [5.41, 5.74) is -1.72. The Hall–Kier alpha value is -0.640. The minimum Gasteiger partial charge on any atom is -0.388 e. The lowest BCUT2D eigenvalue weighted by molar-refractivity contribution is -0.270. The van der Waals surface area contributed by atoms with E-state index >= 15 is 0 Å². The molecule has 0 aromatic carbocycles. The molecule has 8 N–H and O–H groups in total. The van der Waals surface area contributed by atoms with Gasteiger partial charge in [0.1, 0.15) is 36.6 Å². The maximum Gasteiger partial charge on any atom is 0.483 e. The van der Waals surface area contributed by atoms with Crippen LogP contribution in [-0.4, -0.2) is 113 Å². The average Bonchev–Trinajstić information content (AvgIpc) is 3.10. The highest BCUT2D eigenvalue weighted by Crippen LogP contribution is 2.61. The monoisotopic (exact) mass is 628 g/mol. The summed E-state index contributed by atoms with van der Waals surface area (Å²) in [6.45, 7) is -0.998. The molecule has 2 saturated heterocycles. The molecule has 38 heavy (non-hydrogen) atoms. The number of aromatic nitrogens is 2. The summed E-state index contributed by atoms with van der Waals surface area (Å²) in [5, 5.41) is 50.4. The molecular formula is C16H26N2O16P2S2. The summed E-state index contributed by atoms with van der Waals surface area (Å²) in [4.78, 5) is 44.9. The highest BCUT2D eigenvalue weighted by Gasteiger charge is 2.49. The first-order chi connectivity index (χ1) is 17.7. The van der Waals surface area contributed by atoms with Gasteiger partial charge >= 0.3 is 21.3 Å². The molecule has 1 aromatic rings. The lowest BCUT2D eigenvalue weighted by Gasteiger charge is -2.40. The van der Waals surface area contributed by atoms with Gasteiger partial charge < -0.3 is 44.8 Å². The summed E-state index contributed by atoms with van der Waals surface area (Å²) in [6, 6.07) is 0.943. The zero-order valence-corrected chi connectivity index (χ0v) is 22.6. The standard InChI is InChI=1S/C16H26N2O16P2S2/c1-37-38-5-7-10(21)11(22)13(24)15(32-7)33-36(28,29)34-35(26,27)30-4-6-9(20)12(23)14(31-6)18-3-2-8(19)17-16(18)25/h2-3,6-7,9-15,20-24H,4-5H2,1H3,(H,26,27)(H,28,29)(H,17,19,25). The molecule has 3 rings (SSSR count). The third-order valence-corrected chi connectivity index (χ3v) is 9.74. The molecule has 0 saturated carbocycles. The molecule has 2 fully saturated rings. The zero-order chi connectivity index (χ0) is 28.4. The predicted octanol–water partition coefficient (Wildman–Crippen LogP) is -2.77. The first-order valence-corrected chi connectivity index (χ1v) is 16.3. The first-order valence-electron chi connectivity index (χ1n) is 10.5. The molecule has 22 heteroatoms. The Labute approximate surface area is 221 Å². The number of H-pyrrole nitrogens is 1. The van der Waals surface area contributed by atoms with Gasteiger partial charge in [-0.3, -0.25) is 23.4 Å². The van der Waals surface area contributed by atoms with Crippen LogP contribution >= 0.6 is 37.2 Å². The highest BCUT2D eigenvalue weighted by molar-refractivity contribution is 8.76. The van der Waals surface area contributed by atoms with Crippen molar-refractivity contribution in [3.8, 4) is 0 Å². The van der Waals surface area contributed by atoms with E-state index in [4.69, 9.17) is 9.47 Å². The van der Waals surface area contributed by atoms with E-state index in [2.05, 4.69) is 13.4 Å². The van der Waals surface area contributed by atoms with Crippen LogP contribution in [0.3, 0.4) is 0 Å². The quantitative estimate of drug-likeness (QED) is 0.0909. The lowest BCUT2D eigenvalue weighted by Crippen LogP contribution is -2.58. The van der Waals surface area contributed by atoms with Crippen molar-refractivity contribution in [3.05, 3.63) is 33.1 Å². The SMILES string of the molecule is CSSCC1OC(OP(=O)(O)OP(=O)(O)OCC2OC(n3ccc(=O)[nH]c3=O)C(O)C2O)C(O)C(O)C1O. The normalized spacial score (nSPS) is 37.0. The Bertz CT molecular complexity index is 1170. The molecule has 0 spiro atoms. The average molecular weight is 628 g/mol. The van der Waals surface area contributed by atoms with Crippen molar-refractivity contribution in [1.82, 2.24) is 9.55 Å². The van der Waals surface area contributed by atoms with Crippen LogP contribution in [0.1, 0.15) is 6.23 Å². The number of phosphoric ester groups is 2. The number of nitrogens with zero attached hydrogens (tertiary/aromatic N) is 1. The molecule has 18 nitrogen and oxygen atoms in total. The van der Waals surface area contributed by atoms with E-state index in [0.29, 0.717) is 0 Å². The number of aliphatic hydroxyl groups is 5. The smallest absolute Gasteiger partial charge is 0.388 e. The Balaban J connectivity index is 1.61. The van der Waals surface area contributed by atoms with Crippen LogP contribution in [-0.2, 0) is 32.0 Å². The van der Waals surface area contributed by atoms with E-state index in [-0.39, 0.29) is 5.75 Å². The van der Waals surface area contributed by atoms with Gasteiger partial charge in [0, 0.05) is 18.0 Å². The Morgan fingerprint density at radius 1 is 0.974 bits per heavy atom. The molecule has 0 bridgehead atoms. The zero-order valence-electron chi connectivity index (χ0n) is 19.2. The summed E-state index contributed by atoms with van der Waals surface area (Å²) in [6.07, 6.45) is -12.6. The van der Waals surface area contributed by atoms with Gasteiger partial charge in [-0.2, -0.15) is 4.31 Å². The maximum absolute atomic E-state index is 12.3. The van der Waals surface area contributed by atoms with E-state index in [1.54, 1.807) is 6.26 Å². The van der Waals surface area contributed by atoms with Crippen molar-refractivity contribution >= 4 is 37.2 Å². The fraction of sp³-hybridized carbons (Fsp3) is 0.750. The van der Waals surface area contributed by atoms with Crippen LogP contribution < -0.4 is 11.2 Å². The van der Waals surface area contributed by atoms with E-state index in [9.17, 15) is 54.0 Å². The number of nitrogens with one attached hydrogen (secondary N) is 1. The minimum absolute atomic E-state index is 0.0753. The fourth-order valence-corrected chi connectivity index (χ4v) is 6.99. The number of aromatic amines is 1. The second-order valence-corrected chi connectivity index (χ2v) is 13.6. The number of hydrogen-bond donors (Lipinski definition) is 8. The van der Waals surface area contributed by atoms with Gasteiger partial charge in [0.05, 0.1) is 12.7 Å². The van der Waals surface area contributed by atoms with Gasteiger partial charge in [-0.05, 0) is 6.26 Å². The first kappa shape index (κ1) is 31.9. The van der Waals surface area contributed by atoms with Crippen LogP contribution in [0.2, 0.25) is 0 Å². The molecule has 2 aliphatic rings. The minimum atomic E-state index is -5.54. The van der Waals surface area contributed by atoms with Crippen molar-refractivity contribution in [2.45, 2.75) is 55.2 Å². The second-order valence-electron chi connectivity index (χ2n) is 7.95. The Kier molecular flexibility index (Phi) is 10.8. The highest BCUT2D eigenvalue weighted by atomic mass is 33.1. The van der Waals surface area contributed by atoms with Gasteiger partial charge in [-0.15, -0.1) is 0 Å². The number of rotatable bonds is 11. The van der Waals surface area contributed by atoms with E-state index in [0.717, 1.165) is 16.8 Å². The van der Waals surface area contributed by atoms with Gasteiger partial charge in [0.25, 0.3) is 5.56 Å². The number of hydrogen-bond acceptors (Lipinski definition) is 16. The van der Waals surface area contributed by atoms with Crippen LogP contribution in [0.5, 0.6) is 0 Å². The van der Waals surface area contributed by atoms with Crippen molar-refractivity contribution in [2.75, 3.05) is 18.6 Å². The maximum atomic E-state index is 12.3. The molecule has 0 amide bonds. The van der Waals surface area contributed by atoms with Crippen molar-refractivity contribution in [1.29, 1.82) is 0 Å². The van der Waals surface area contributed by atoms with E-state index < -0.39 is 88.7 Å².